The molecule has 32 heavy (non-hydrogen) atoms. The molecule has 0 saturated carbocycles. The first-order valence-corrected chi connectivity index (χ1v) is 11.8. The summed E-state index contributed by atoms with van der Waals surface area (Å²) >= 11 is 0. The predicted molar refractivity (Wildman–Crippen MR) is 126 cm³/mol. The zero-order chi connectivity index (χ0) is 22.1. The lowest BCUT2D eigenvalue weighted by Gasteiger charge is -2.11. The fourth-order valence-electron chi connectivity index (χ4n) is 3.56. The van der Waals surface area contributed by atoms with Gasteiger partial charge in [0.25, 0.3) is 0 Å². The third-order valence-electron chi connectivity index (χ3n) is 5.21. The van der Waals surface area contributed by atoms with E-state index in [1.54, 1.807) is 37.1 Å². The van der Waals surface area contributed by atoms with E-state index in [1.807, 2.05) is 54.6 Å². The molecule has 0 bridgehead atoms. The summed E-state index contributed by atoms with van der Waals surface area (Å²) in [6.07, 6.45) is 8.01. The van der Waals surface area contributed by atoms with Crippen LogP contribution < -0.4 is 5.32 Å². The summed E-state index contributed by atoms with van der Waals surface area (Å²) in [6.45, 7) is 0. The summed E-state index contributed by atoms with van der Waals surface area (Å²) in [4.78, 5) is 9.23. The van der Waals surface area contributed by atoms with Gasteiger partial charge in [0.1, 0.15) is 0 Å². The molecule has 5 rings (SSSR count). The van der Waals surface area contributed by atoms with E-state index < -0.39 is 9.84 Å². The van der Waals surface area contributed by atoms with Gasteiger partial charge in [-0.15, -0.1) is 0 Å². The molecule has 0 spiro atoms. The Morgan fingerprint density at radius 3 is 2.34 bits per heavy atom. The van der Waals surface area contributed by atoms with Gasteiger partial charge in [-0.3, -0.25) is 9.97 Å². The highest BCUT2D eigenvalue weighted by atomic mass is 32.2. The van der Waals surface area contributed by atoms with Crippen molar-refractivity contribution in [1.82, 2.24) is 9.97 Å². The first-order valence-electron chi connectivity index (χ1n) is 9.92. The van der Waals surface area contributed by atoms with E-state index >= 15 is 0 Å². The summed E-state index contributed by atoms with van der Waals surface area (Å²) in [5, 5.41) is 4.43. The van der Waals surface area contributed by atoms with E-state index in [4.69, 9.17) is 4.42 Å². The molecular formula is C25H19N3O3S. The lowest BCUT2D eigenvalue weighted by molar-refractivity contribution is 0.568. The third-order valence-corrected chi connectivity index (χ3v) is 6.34. The topological polar surface area (TPSA) is 85.1 Å². The second-order valence-electron chi connectivity index (χ2n) is 7.45. The van der Waals surface area contributed by atoms with Crippen LogP contribution in [0.5, 0.6) is 0 Å². The lowest BCUT2D eigenvalue weighted by atomic mass is 10.0. The monoisotopic (exact) mass is 441 g/mol. The predicted octanol–water partition coefficient (Wildman–Crippen LogP) is 5.70. The summed E-state index contributed by atoms with van der Waals surface area (Å²) in [6, 6.07) is 20.6. The first kappa shape index (κ1) is 20.0. The normalized spacial score (nSPS) is 11.5. The van der Waals surface area contributed by atoms with Crippen molar-refractivity contribution in [2.24, 2.45) is 0 Å². The average molecular weight is 442 g/mol. The van der Waals surface area contributed by atoms with Crippen LogP contribution in [0.3, 0.4) is 0 Å². The Hall–Kier alpha value is -3.97. The van der Waals surface area contributed by atoms with E-state index in [0.29, 0.717) is 4.90 Å². The van der Waals surface area contributed by atoms with Crippen LogP contribution >= 0.6 is 0 Å². The van der Waals surface area contributed by atoms with Gasteiger partial charge in [0.2, 0.25) is 0 Å². The third kappa shape index (κ3) is 3.98. The van der Waals surface area contributed by atoms with Gasteiger partial charge in [0, 0.05) is 41.0 Å². The highest BCUT2D eigenvalue weighted by molar-refractivity contribution is 7.90. The Balaban J connectivity index is 1.47. The molecule has 0 unspecified atom stereocenters. The number of pyridine rings is 2. The number of benzene rings is 2. The quantitative estimate of drug-likeness (QED) is 0.376. The van der Waals surface area contributed by atoms with E-state index in [2.05, 4.69) is 15.3 Å². The molecule has 0 fully saturated rings. The number of hydrogen-bond donors (Lipinski definition) is 1. The molecule has 7 heteroatoms. The van der Waals surface area contributed by atoms with Crippen LogP contribution in [-0.4, -0.2) is 24.6 Å². The van der Waals surface area contributed by atoms with Crippen molar-refractivity contribution in [3.05, 3.63) is 91.7 Å². The van der Waals surface area contributed by atoms with Crippen LogP contribution in [0.15, 0.2) is 101 Å². The van der Waals surface area contributed by atoms with Gasteiger partial charge >= 0.3 is 0 Å². The molecule has 158 valence electrons. The van der Waals surface area contributed by atoms with Gasteiger partial charge in [-0.1, -0.05) is 24.3 Å². The van der Waals surface area contributed by atoms with E-state index in [9.17, 15) is 8.42 Å². The summed E-state index contributed by atoms with van der Waals surface area (Å²) in [5.74, 6) is 0. The molecule has 5 aromatic rings. The molecule has 0 aliphatic heterocycles. The Kier molecular flexibility index (Phi) is 4.95. The molecule has 6 nitrogen and oxygen atoms in total. The SMILES string of the molecule is CS(=O)(=O)c1ccc(-c2ccc3c(Nc4ccnc(-c5ccoc5)c4)ccnc3c2)cc1. The second-order valence-corrected chi connectivity index (χ2v) is 9.47. The van der Waals surface area contributed by atoms with Gasteiger partial charge in [0.15, 0.2) is 9.84 Å². The molecule has 0 amide bonds. The molecule has 3 aromatic heterocycles. The summed E-state index contributed by atoms with van der Waals surface area (Å²) in [7, 11) is -3.22. The lowest BCUT2D eigenvalue weighted by Crippen LogP contribution is -1.96. The van der Waals surface area contributed by atoms with Crippen LogP contribution in [0.4, 0.5) is 11.4 Å². The zero-order valence-corrected chi connectivity index (χ0v) is 18.0. The van der Waals surface area contributed by atoms with Crippen molar-refractivity contribution < 1.29 is 12.8 Å². The van der Waals surface area contributed by atoms with Gasteiger partial charge in [0.05, 0.1) is 28.6 Å². The van der Waals surface area contributed by atoms with E-state index in [0.717, 1.165) is 44.7 Å². The number of nitrogens with one attached hydrogen (secondary N) is 1. The first-order chi connectivity index (χ1) is 15.5. The number of fused-ring (bicyclic) bond motifs is 1. The van der Waals surface area contributed by atoms with Crippen molar-refractivity contribution in [3.63, 3.8) is 0 Å². The summed E-state index contributed by atoms with van der Waals surface area (Å²) < 4.78 is 28.6. The Bertz CT molecular complexity index is 1510. The second kappa shape index (κ2) is 7.94. The molecule has 2 aromatic carbocycles. The zero-order valence-electron chi connectivity index (χ0n) is 17.2. The standard InChI is InChI=1S/C25H19N3O3S/c1-32(29,30)21-5-2-17(3-6-21)18-4-7-22-23(9-12-27-25(22)14-18)28-20-8-11-26-24(15-20)19-10-13-31-16-19/h2-16H,1H3,(H,26,27,28). The number of nitrogens with zero attached hydrogens (tertiary/aromatic N) is 2. The minimum atomic E-state index is -3.22. The van der Waals surface area contributed by atoms with Crippen LogP contribution in [0.1, 0.15) is 0 Å². The fourth-order valence-corrected chi connectivity index (χ4v) is 4.19. The van der Waals surface area contributed by atoms with Crippen LogP contribution in [0, 0.1) is 0 Å². The Morgan fingerprint density at radius 1 is 0.812 bits per heavy atom. The van der Waals surface area contributed by atoms with Crippen LogP contribution in [0.2, 0.25) is 0 Å². The summed E-state index contributed by atoms with van der Waals surface area (Å²) in [5.41, 5.74) is 6.31. The highest BCUT2D eigenvalue weighted by Gasteiger charge is 2.09. The molecular weight excluding hydrogens is 422 g/mol. The highest BCUT2D eigenvalue weighted by Crippen LogP contribution is 2.30. The maximum absolute atomic E-state index is 11.7. The number of furan rings is 1. The van der Waals surface area contributed by atoms with E-state index in [1.165, 1.54) is 6.26 Å². The molecule has 0 saturated heterocycles. The van der Waals surface area contributed by atoms with E-state index in [-0.39, 0.29) is 0 Å². The number of hydrogen-bond acceptors (Lipinski definition) is 6. The van der Waals surface area contributed by atoms with Crippen molar-refractivity contribution in [3.8, 4) is 22.4 Å². The van der Waals surface area contributed by atoms with Crippen LogP contribution in [0.25, 0.3) is 33.3 Å². The largest absolute Gasteiger partial charge is 0.472 e. The molecule has 0 aliphatic carbocycles. The average Bonchev–Trinajstić information content (AvgIpc) is 3.34. The molecule has 3 heterocycles. The number of rotatable bonds is 5. The van der Waals surface area contributed by atoms with Crippen molar-refractivity contribution in [2.45, 2.75) is 4.90 Å². The number of aromatic nitrogens is 2. The smallest absolute Gasteiger partial charge is 0.175 e. The number of sulfone groups is 1. The van der Waals surface area contributed by atoms with Gasteiger partial charge in [-0.2, -0.15) is 0 Å². The van der Waals surface area contributed by atoms with Crippen molar-refractivity contribution >= 4 is 32.1 Å². The number of anilines is 2. The molecule has 0 radical (unpaired) electrons. The van der Waals surface area contributed by atoms with Gasteiger partial charge in [-0.25, -0.2) is 8.42 Å². The van der Waals surface area contributed by atoms with Crippen LogP contribution in [-0.2, 0) is 9.84 Å². The minimum Gasteiger partial charge on any atom is -0.472 e. The molecule has 0 aliphatic rings. The Morgan fingerprint density at radius 2 is 1.59 bits per heavy atom. The van der Waals surface area contributed by atoms with Gasteiger partial charge in [-0.05, 0) is 53.6 Å². The van der Waals surface area contributed by atoms with Crippen molar-refractivity contribution in [1.29, 1.82) is 0 Å². The maximum Gasteiger partial charge on any atom is 0.175 e. The van der Waals surface area contributed by atoms with Crippen molar-refractivity contribution in [2.75, 3.05) is 11.6 Å². The van der Waals surface area contributed by atoms with Gasteiger partial charge < -0.3 is 9.73 Å². The maximum atomic E-state index is 11.7. The Labute approximate surface area is 185 Å². The molecule has 0 atom stereocenters. The minimum absolute atomic E-state index is 0.304. The molecule has 1 N–H and O–H groups in total. The fraction of sp³-hybridized carbons (Fsp3) is 0.0400.